The Kier molecular flexibility index (Phi) is 3.72. The standard InChI is InChI=1S/C18H16N2O/c1-2-13-6-5-8-15(12-13)20-18(21)17-16-9-4-3-7-14(16)10-11-19-17/h1,3-9,12,17,19H,10-11H2,(H,20,21). The Labute approximate surface area is 124 Å². The van der Waals surface area contributed by atoms with E-state index in [0.717, 1.165) is 29.8 Å². The molecule has 2 N–H and O–H groups in total. The van der Waals surface area contributed by atoms with Crippen LogP contribution in [0.2, 0.25) is 0 Å². The molecule has 3 heteroatoms. The smallest absolute Gasteiger partial charge is 0.246 e. The lowest BCUT2D eigenvalue weighted by Crippen LogP contribution is -2.38. The second-order valence-corrected chi connectivity index (χ2v) is 5.05. The molecule has 0 bridgehead atoms. The minimum Gasteiger partial charge on any atom is -0.324 e. The number of anilines is 1. The van der Waals surface area contributed by atoms with Crippen molar-refractivity contribution >= 4 is 11.6 Å². The quantitative estimate of drug-likeness (QED) is 0.827. The molecule has 2 aromatic carbocycles. The first kappa shape index (κ1) is 13.4. The second-order valence-electron chi connectivity index (χ2n) is 5.05. The van der Waals surface area contributed by atoms with Crippen molar-refractivity contribution in [2.75, 3.05) is 11.9 Å². The predicted molar refractivity (Wildman–Crippen MR) is 83.9 cm³/mol. The normalized spacial score (nSPS) is 16.6. The Balaban J connectivity index is 1.82. The number of carbonyl (C=O) groups excluding carboxylic acids is 1. The van der Waals surface area contributed by atoms with Gasteiger partial charge in [0.05, 0.1) is 0 Å². The third kappa shape index (κ3) is 2.81. The van der Waals surface area contributed by atoms with E-state index >= 15 is 0 Å². The van der Waals surface area contributed by atoms with E-state index in [1.165, 1.54) is 5.56 Å². The Hall–Kier alpha value is -2.57. The van der Waals surface area contributed by atoms with Crippen LogP contribution in [0.4, 0.5) is 5.69 Å². The molecular weight excluding hydrogens is 260 g/mol. The highest BCUT2D eigenvalue weighted by Gasteiger charge is 2.25. The number of nitrogens with one attached hydrogen (secondary N) is 2. The SMILES string of the molecule is C#Cc1cccc(NC(=O)C2NCCc3ccccc32)c1. The summed E-state index contributed by atoms with van der Waals surface area (Å²) in [5, 5.41) is 6.20. The van der Waals surface area contributed by atoms with Gasteiger partial charge in [-0.3, -0.25) is 4.79 Å². The third-order valence-electron chi connectivity index (χ3n) is 3.67. The summed E-state index contributed by atoms with van der Waals surface area (Å²) < 4.78 is 0. The van der Waals surface area contributed by atoms with Gasteiger partial charge in [-0.25, -0.2) is 0 Å². The van der Waals surface area contributed by atoms with Gasteiger partial charge in [0.25, 0.3) is 0 Å². The Morgan fingerprint density at radius 2 is 2.10 bits per heavy atom. The third-order valence-corrected chi connectivity index (χ3v) is 3.67. The van der Waals surface area contributed by atoms with Crippen LogP contribution in [-0.4, -0.2) is 12.5 Å². The highest BCUT2D eigenvalue weighted by Crippen LogP contribution is 2.24. The summed E-state index contributed by atoms with van der Waals surface area (Å²) in [6, 6.07) is 15.1. The topological polar surface area (TPSA) is 41.1 Å². The molecule has 0 radical (unpaired) electrons. The van der Waals surface area contributed by atoms with Crippen molar-refractivity contribution < 1.29 is 4.79 Å². The number of rotatable bonds is 2. The maximum atomic E-state index is 12.5. The van der Waals surface area contributed by atoms with Crippen molar-refractivity contribution in [2.45, 2.75) is 12.5 Å². The zero-order chi connectivity index (χ0) is 14.7. The second kappa shape index (κ2) is 5.82. The minimum absolute atomic E-state index is 0.0590. The van der Waals surface area contributed by atoms with Crippen LogP contribution in [0.1, 0.15) is 22.7 Å². The van der Waals surface area contributed by atoms with E-state index in [9.17, 15) is 4.79 Å². The van der Waals surface area contributed by atoms with Crippen molar-refractivity contribution in [1.82, 2.24) is 5.32 Å². The van der Waals surface area contributed by atoms with E-state index in [4.69, 9.17) is 6.42 Å². The van der Waals surface area contributed by atoms with E-state index < -0.39 is 0 Å². The highest BCUT2D eigenvalue weighted by atomic mass is 16.2. The molecule has 1 unspecified atom stereocenters. The molecular formula is C18H16N2O. The van der Waals surface area contributed by atoms with Crippen molar-refractivity contribution in [1.29, 1.82) is 0 Å². The molecule has 1 heterocycles. The fraction of sp³-hybridized carbons (Fsp3) is 0.167. The first-order valence-corrected chi connectivity index (χ1v) is 6.96. The van der Waals surface area contributed by atoms with E-state index in [0.29, 0.717) is 0 Å². The van der Waals surface area contributed by atoms with Gasteiger partial charge in [-0.1, -0.05) is 36.3 Å². The molecule has 21 heavy (non-hydrogen) atoms. The Morgan fingerprint density at radius 3 is 2.95 bits per heavy atom. The summed E-state index contributed by atoms with van der Waals surface area (Å²) in [5.41, 5.74) is 3.76. The number of hydrogen-bond acceptors (Lipinski definition) is 2. The van der Waals surface area contributed by atoms with E-state index in [1.807, 2.05) is 36.4 Å². The molecule has 0 fully saturated rings. The van der Waals surface area contributed by atoms with Crippen LogP contribution in [0.15, 0.2) is 48.5 Å². The van der Waals surface area contributed by atoms with Crippen LogP contribution < -0.4 is 10.6 Å². The van der Waals surface area contributed by atoms with Gasteiger partial charge in [-0.2, -0.15) is 0 Å². The van der Waals surface area contributed by atoms with Crippen LogP contribution in [0.3, 0.4) is 0 Å². The van der Waals surface area contributed by atoms with E-state index in [2.05, 4.69) is 22.6 Å². The maximum Gasteiger partial charge on any atom is 0.246 e. The lowest BCUT2D eigenvalue weighted by Gasteiger charge is -2.26. The van der Waals surface area contributed by atoms with Crippen molar-refractivity contribution in [3.63, 3.8) is 0 Å². The number of carbonyl (C=O) groups is 1. The van der Waals surface area contributed by atoms with Crippen LogP contribution in [0.25, 0.3) is 0 Å². The number of terminal acetylenes is 1. The minimum atomic E-state index is -0.315. The molecule has 1 amide bonds. The van der Waals surface area contributed by atoms with Crippen molar-refractivity contribution in [2.24, 2.45) is 0 Å². The number of benzene rings is 2. The molecule has 0 spiro atoms. The predicted octanol–water partition coefficient (Wildman–Crippen LogP) is 2.49. The number of hydrogen-bond donors (Lipinski definition) is 2. The summed E-state index contributed by atoms with van der Waals surface area (Å²) >= 11 is 0. The maximum absolute atomic E-state index is 12.5. The lowest BCUT2D eigenvalue weighted by atomic mass is 9.94. The number of fused-ring (bicyclic) bond motifs is 1. The van der Waals surface area contributed by atoms with Gasteiger partial charge in [-0.05, 0) is 35.7 Å². The molecule has 3 rings (SSSR count). The van der Waals surface area contributed by atoms with Gasteiger partial charge in [0.2, 0.25) is 5.91 Å². The largest absolute Gasteiger partial charge is 0.324 e. The molecule has 0 aromatic heterocycles. The average molecular weight is 276 g/mol. The summed E-state index contributed by atoms with van der Waals surface area (Å²) in [6.07, 6.45) is 6.33. The molecule has 104 valence electrons. The van der Waals surface area contributed by atoms with E-state index in [1.54, 1.807) is 6.07 Å². The monoisotopic (exact) mass is 276 g/mol. The molecule has 1 aliphatic rings. The summed E-state index contributed by atoms with van der Waals surface area (Å²) in [7, 11) is 0. The fourth-order valence-electron chi connectivity index (χ4n) is 2.64. The molecule has 2 aromatic rings. The van der Waals surface area contributed by atoms with Crippen LogP contribution in [0, 0.1) is 12.3 Å². The fourth-order valence-corrected chi connectivity index (χ4v) is 2.64. The van der Waals surface area contributed by atoms with Crippen LogP contribution in [0.5, 0.6) is 0 Å². The first-order valence-electron chi connectivity index (χ1n) is 6.96. The van der Waals surface area contributed by atoms with Crippen LogP contribution in [-0.2, 0) is 11.2 Å². The average Bonchev–Trinajstić information content (AvgIpc) is 2.54. The molecule has 0 saturated carbocycles. The van der Waals surface area contributed by atoms with Gasteiger partial charge in [0.15, 0.2) is 0 Å². The summed E-state index contributed by atoms with van der Waals surface area (Å²) in [4.78, 5) is 12.5. The molecule has 0 saturated heterocycles. The summed E-state index contributed by atoms with van der Waals surface area (Å²) in [5.74, 6) is 2.51. The van der Waals surface area contributed by atoms with Gasteiger partial charge >= 0.3 is 0 Å². The van der Waals surface area contributed by atoms with Gasteiger partial charge < -0.3 is 10.6 Å². The van der Waals surface area contributed by atoms with Crippen LogP contribution >= 0.6 is 0 Å². The first-order chi connectivity index (χ1) is 10.3. The van der Waals surface area contributed by atoms with E-state index in [-0.39, 0.29) is 11.9 Å². The summed E-state index contributed by atoms with van der Waals surface area (Å²) in [6.45, 7) is 0.805. The number of amides is 1. The Morgan fingerprint density at radius 1 is 1.24 bits per heavy atom. The molecule has 0 aliphatic carbocycles. The Bertz CT molecular complexity index is 715. The van der Waals surface area contributed by atoms with Crippen molar-refractivity contribution in [3.05, 3.63) is 65.2 Å². The lowest BCUT2D eigenvalue weighted by molar-refractivity contribution is -0.118. The highest BCUT2D eigenvalue weighted by molar-refractivity contribution is 5.96. The van der Waals surface area contributed by atoms with Gasteiger partial charge in [0.1, 0.15) is 6.04 Å². The molecule has 1 aliphatic heterocycles. The van der Waals surface area contributed by atoms with Gasteiger partial charge in [0, 0.05) is 17.8 Å². The van der Waals surface area contributed by atoms with Gasteiger partial charge in [-0.15, -0.1) is 6.42 Å². The zero-order valence-corrected chi connectivity index (χ0v) is 11.6. The molecule has 1 atom stereocenters. The van der Waals surface area contributed by atoms with Crippen molar-refractivity contribution in [3.8, 4) is 12.3 Å². The molecule has 3 nitrogen and oxygen atoms in total. The zero-order valence-electron chi connectivity index (χ0n) is 11.6.